The minimum atomic E-state index is -1.50. The molecule has 0 aromatic heterocycles. The smallest absolute Gasteiger partial charge is 0.320 e. The van der Waals surface area contributed by atoms with Gasteiger partial charge in [0.15, 0.2) is 0 Å². The van der Waals surface area contributed by atoms with Crippen molar-refractivity contribution in [1.82, 2.24) is 0 Å². The van der Waals surface area contributed by atoms with Crippen LogP contribution in [-0.4, -0.2) is 27.4 Å². The molecule has 0 aliphatic carbocycles. The molecule has 0 radical (unpaired) electrons. The number of carboxylic acids is 1. The number of hydrogen-bond donors (Lipinski definition) is 3. The molecule has 0 fully saturated rings. The van der Waals surface area contributed by atoms with E-state index in [4.69, 9.17) is 26.2 Å². The lowest BCUT2D eigenvalue weighted by molar-refractivity contribution is -0.742. The summed E-state index contributed by atoms with van der Waals surface area (Å²) in [7, 11) is 0. The maximum atomic E-state index is 9.96. The van der Waals surface area contributed by atoms with Crippen molar-refractivity contribution in [2.75, 3.05) is 0 Å². The topological polar surface area (TPSA) is 127 Å². The molecule has 0 aromatic rings. The van der Waals surface area contributed by atoms with Gasteiger partial charge in [-0.3, -0.25) is 4.79 Å². The van der Waals surface area contributed by atoms with E-state index < -0.39 is 17.1 Å². The van der Waals surface area contributed by atoms with E-state index in [1.807, 2.05) is 6.92 Å². The second-order valence-electron chi connectivity index (χ2n) is 1.97. The fourth-order valence-corrected chi connectivity index (χ4v) is 0.434. The molecule has 12 heavy (non-hydrogen) atoms. The predicted octanol–water partition coefficient (Wildman–Crippen LogP) is -0.149. The van der Waals surface area contributed by atoms with Gasteiger partial charge in [0.05, 0.1) is 0 Å². The van der Waals surface area contributed by atoms with Crippen LogP contribution in [0, 0.1) is 10.1 Å². The zero-order valence-electron chi connectivity index (χ0n) is 6.64. The summed E-state index contributed by atoms with van der Waals surface area (Å²) >= 11 is 0. The molecule has 72 valence electrons. The predicted molar refractivity (Wildman–Crippen MR) is 39.3 cm³/mol. The Kier molecular flexibility index (Phi) is 8.53. The standard InChI is InChI=1S/C5H11NO2.HNO3/c1-2-3-4(6)5(7)8;2-1(3)4/h4H,2-3,6H2,1H3,(H,7,8);(H,2,3,4)/t4-;/m0./s1. The van der Waals surface area contributed by atoms with E-state index in [0.29, 0.717) is 6.42 Å². The van der Waals surface area contributed by atoms with Crippen LogP contribution in [0.3, 0.4) is 0 Å². The van der Waals surface area contributed by atoms with Gasteiger partial charge in [-0.15, -0.1) is 10.1 Å². The second-order valence-corrected chi connectivity index (χ2v) is 1.97. The van der Waals surface area contributed by atoms with Crippen molar-refractivity contribution in [3.8, 4) is 0 Å². The van der Waals surface area contributed by atoms with Crippen LogP contribution >= 0.6 is 0 Å². The first-order valence-corrected chi connectivity index (χ1v) is 3.23. The third kappa shape index (κ3) is 15.9. The minimum Gasteiger partial charge on any atom is -0.480 e. The Bertz CT molecular complexity index is 145. The summed E-state index contributed by atoms with van der Waals surface area (Å²) in [6, 6.07) is -0.667. The highest BCUT2D eigenvalue weighted by molar-refractivity contribution is 5.72. The average Bonchev–Trinajstić information content (AvgIpc) is 1.86. The van der Waals surface area contributed by atoms with Crippen molar-refractivity contribution in [3.63, 3.8) is 0 Å². The average molecular weight is 180 g/mol. The summed E-state index contributed by atoms with van der Waals surface area (Å²) in [5.41, 5.74) is 5.13. The number of hydrogen-bond acceptors (Lipinski definition) is 4. The summed E-state index contributed by atoms with van der Waals surface area (Å²) in [4.78, 5) is 18.3. The summed E-state index contributed by atoms with van der Waals surface area (Å²) in [6.45, 7) is 1.91. The molecule has 7 heteroatoms. The first-order valence-electron chi connectivity index (χ1n) is 3.23. The van der Waals surface area contributed by atoms with Gasteiger partial charge in [-0.25, -0.2) is 0 Å². The number of carboxylic acid groups (broad SMARTS) is 1. The van der Waals surface area contributed by atoms with Crippen LogP contribution in [0.1, 0.15) is 19.8 Å². The molecule has 0 aliphatic heterocycles. The van der Waals surface area contributed by atoms with Gasteiger partial charge >= 0.3 is 5.97 Å². The van der Waals surface area contributed by atoms with E-state index in [9.17, 15) is 4.79 Å². The lowest BCUT2D eigenvalue weighted by Gasteiger charge is -2.00. The Morgan fingerprint density at radius 3 is 2.17 bits per heavy atom. The fraction of sp³-hybridized carbons (Fsp3) is 0.800. The molecule has 0 unspecified atom stereocenters. The van der Waals surface area contributed by atoms with Gasteiger partial charge < -0.3 is 16.0 Å². The molecule has 0 aromatic carbocycles. The van der Waals surface area contributed by atoms with Crippen LogP contribution in [0.25, 0.3) is 0 Å². The van der Waals surface area contributed by atoms with E-state index in [1.54, 1.807) is 0 Å². The lowest BCUT2D eigenvalue weighted by Crippen LogP contribution is -2.29. The Hall–Kier alpha value is -1.37. The highest BCUT2D eigenvalue weighted by atomic mass is 16.9. The highest BCUT2D eigenvalue weighted by Crippen LogP contribution is 1.91. The van der Waals surface area contributed by atoms with Crippen molar-refractivity contribution in [3.05, 3.63) is 10.1 Å². The number of carbonyl (C=O) groups is 1. The van der Waals surface area contributed by atoms with E-state index in [2.05, 4.69) is 0 Å². The maximum Gasteiger partial charge on any atom is 0.320 e. The normalized spacial score (nSPS) is 10.8. The van der Waals surface area contributed by atoms with Crippen LogP contribution in [0.15, 0.2) is 0 Å². The van der Waals surface area contributed by atoms with Gasteiger partial charge in [-0.05, 0) is 6.42 Å². The van der Waals surface area contributed by atoms with Gasteiger partial charge in [-0.1, -0.05) is 13.3 Å². The third-order valence-corrected chi connectivity index (χ3v) is 0.917. The quantitative estimate of drug-likeness (QED) is 0.409. The summed E-state index contributed by atoms with van der Waals surface area (Å²) in [5, 5.41) is 21.8. The molecule has 0 amide bonds. The van der Waals surface area contributed by atoms with E-state index in [1.165, 1.54) is 0 Å². The highest BCUT2D eigenvalue weighted by Gasteiger charge is 2.07. The second kappa shape index (κ2) is 7.73. The van der Waals surface area contributed by atoms with Gasteiger partial charge in [0.25, 0.3) is 5.09 Å². The molecule has 4 N–H and O–H groups in total. The number of aliphatic carboxylic acids is 1. The molecule has 0 saturated carbocycles. The van der Waals surface area contributed by atoms with Crippen LogP contribution in [0.4, 0.5) is 0 Å². The number of nitrogens with zero attached hydrogens (tertiary/aromatic N) is 1. The molecular formula is C5H12N2O5. The number of rotatable bonds is 3. The fourth-order valence-electron chi connectivity index (χ4n) is 0.434. The van der Waals surface area contributed by atoms with Crippen molar-refractivity contribution >= 4 is 5.97 Å². The molecule has 0 heterocycles. The van der Waals surface area contributed by atoms with Crippen molar-refractivity contribution in [1.29, 1.82) is 0 Å². The zero-order chi connectivity index (χ0) is 10.1. The molecule has 1 atom stereocenters. The molecule has 0 saturated heterocycles. The number of nitrogens with two attached hydrogens (primary N) is 1. The van der Waals surface area contributed by atoms with Gasteiger partial charge in [0.2, 0.25) is 0 Å². The molecule has 0 rings (SSSR count). The van der Waals surface area contributed by atoms with Crippen LogP contribution in [-0.2, 0) is 4.79 Å². The Balaban J connectivity index is 0. The Labute approximate surface area is 68.9 Å². The molecule has 0 bridgehead atoms. The SMILES string of the molecule is CCC[C@H](N)C(=O)O.O=[N+]([O-])O. The van der Waals surface area contributed by atoms with Gasteiger partial charge in [-0.2, -0.15) is 0 Å². The Morgan fingerprint density at radius 2 is 2.08 bits per heavy atom. The van der Waals surface area contributed by atoms with Crippen LogP contribution in [0.5, 0.6) is 0 Å². The van der Waals surface area contributed by atoms with E-state index in [0.717, 1.165) is 6.42 Å². The summed E-state index contributed by atoms with van der Waals surface area (Å²) in [5.74, 6) is -0.910. The molecule has 0 aliphatic rings. The van der Waals surface area contributed by atoms with Crippen LogP contribution < -0.4 is 5.73 Å². The molecular weight excluding hydrogens is 168 g/mol. The zero-order valence-corrected chi connectivity index (χ0v) is 6.64. The van der Waals surface area contributed by atoms with E-state index in [-0.39, 0.29) is 0 Å². The summed E-state index contributed by atoms with van der Waals surface area (Å²) in [6.07, 6.45) is 1.39. The summed E-state index contributed by atoms with van der Waals surface area (Å²) < 4.78 is 0. The van der Waals surface area contributed by atoms with Crippen LogP contribution in [0.2, 0.25) is 0 Å². The lowest BCUT2D eigenvalue weighted by atomic mass is 10.2. The minimum absolute atomic E-state index is 0.565. The van der Waals surface area contributed by atoms with Crippen molar-refractivity contribution in [2.24, 2.45) is 5.73 Å². The van der Waals surface area contributed by atoms with Gasteiger partial charge in [0, 0.05) is 0 Å². The molecule has 0 spiro atoms. The van der Waals surface area contributed by atoms with E-state index >= 15 is 0 Å². The first kappa shape index (κ1) is 13.2. The first-order chi connectivity index (χ1) is 5.41. The van der Waals surface area contributed by atoms with Gasteiger partial charge in [0.1, 0.15) is 6.04 Å². The Morgan fingerprint density at radius 1 is 1.75 bits per heavy atom. The molecule has 7 nitrogen and oxygen atoms in total. The third-order valence-electron chi connectivity index (χ3n) is 0.917. The monoisotopic (exact) mass is 180 g/mol. The largest absolute Gasteiger partial charge is 0.480 e. The van der Waals surface area contributed by atoms with Crippen molar-refractivity contribution < 1.29 is 20.2 Å². The maximum absolute atomic E-state index is 9.96. The van der Waals surface area contributed by atoms with Crippen molar-refractivity contribution in [2.45, 2.75) is 25.8 Å².